The van der Waals surface area contributed by atoms with E-state index in [1.54, 1.807) is 24.3 Å². The predicted molar refractivity (Wildman–Crippen MR) is 101 cm³/mol. The molecule has 0 fully saturated rings. The number of aromatic nitrogens is 2. The number of carbonyl (C=O) groups is 1. The van der Waals surface area contributed by atoms with Crippen molar-refractivity contribution in [1.29, 1.82) is 0 Å². The molecule has 0 bridgehead atoms. The highest BCUT2D eigenvalue weighted by Crippen LogP contribution is 2.22. The molecular formula is C20H21N3O4. The fourth-order valence-electron chi connectivity index (χ4n) is 2.59. The van der Waals surface area contributed by atoms with Gasteiger partial charge in [-0.3, -0.25) is 10.1 Å². The van der Waals surface area contributed by atoms with Gasteiger partial charge in [-0.05, 0) is 57.2 Å². The van der Waals surface area contributed by atoms with Crippen molar-refractivity contribution in [2.45, 2.75) is 20.8 Å². The molecule has 7 heteroatoms. The third kappa shape index (κ3) is 5.07. The molecule has 3 rings (SSSR count). The summed E-state index contributed by atoms with van der Waals surface area (Å²) in [6.45, 7) is 6.32. The minimum atomic E-state index is -0.389. The lowest BCUT2D eigenvalue weighted by atomic mass is 10.1. The molecule has 0 aliphatic heterocycles. The summed E-state index contributed by atoms with van der Waals surface area (Å²) in [4.78, 5) is 12.0. The zero-order valence-corrected chi connectivity index (χ0v) is 15.5. The zero-order valence-electron chi connectivity index (χ0n) is 15.5. The first-order chi connectivity index (χ1) is 13.0. The third-order valence-electron chi connectivity index (χ3n) is 3.64. The van der Waals surface area contributed by atoms with E-state index in [1.807, 2.05) is 32.9 Å². The Morgan fingerprint density at radius 1 is 1.00 bits per heavy atom. The molecule has 27 heavy (non-hydrogen) atoms. The summed E-state index contributed by atoms with van der Waals surface area (Å²) < 4.78 is 16.3. The van der Waals surface area contributed by atoms with Crippen LogP contribution in [-0.4, -0.2) is 29.3 Å². The normalized spacial score (nSPS) is 10.5. The second-order valence-electron chi connectivity index (χ2n) is 6.03. The maximum atomic E-state index is 12.0. The van der Waals surface area contributed by atoms with Gasteiger partial charge in [-0.2, -0.15) is 0 Å². The maximum absolute atomic E-state index is 12.0. The smallest absolute Gasteiger partial charge is 0.322 e. The van der Waals surface area contributed by atoms with Crippen LogP contribution < -0.4 is 14.8 Å². The maximum Gasteiger partial charge on any atom is 0.322 e. The van der Waals surface area contributed by atoms with Crippen molar-refractivity contribution in [2.24, 2.45) is 0 Å². The third-order valence-corrected chi connectivity index (χ3v) is 3.64. The van der Waals surface area contributed by atoms with E-state index in [2.05, 4.69) is 21.6 Å². The van der Waals surface area contributed by atoms with Crippen molar-refractivity contribution in [3.8, 4) is 23.0 Å². The topological polar surface area (TPSA) is 86.5 Å². The molecule has 0 saturated carbocycles. The highest BCUT2D eigenvalue weighted by molar-refractivity contribution is 5.89. The van der Waals surface area contributed by atoms with E-state index in [1.165, 1.54) is 0 Å². The largest absolute Gasteiger partial charge is 0.494 e. The van der Waals surface area contributed by atoms with Crippen molar-refractivity contribution >= 4 is 11.9 Å². The van der Waals surface area contributed by atoms with Crippen LogP contribution in [-0.2, 0) is 4.79 Å². The van der Waals surface area contributed by atoms with Crippen molar-refractivity contribution in [3.63, 3.8) is 0 Å². The lowest BCUT2D eigenvalue weighted by molar-refractivity contribution is -0.118. The second kappa shape index (κ2) is 8.35. The van der Waals surface area contributed by atoms with E-state index < -0.39 is 0 Å². The summed E-state index contributed by atoms with van der Waals surface area (Å²) in [5, 5.41) is 10.4. The average molecular weight is 367 g/mol. The fraction of sp³-hybridized carbons (Fsp3) is 0.250. The standard InChI is InChI=1S/C20H21N3O4/c1-4-25-16-5-7-17(8-6-16)26-12-18(24)21-20-23-22-19(27-20)15-10-13(2)9-14(3)11-15/h5-11H,4,12H2,1-3H3,(H,21,23,24). The Bertz CT molecular complexity index is 899. The molecule has 1 heterocycles. The van der Waals surface area contributed by atoms with Crippen molar-refractivity contribution in [3.05, 3.63) is 53.6 Å². The molecule has 0 unspecified atom stereocenters. The van der Waals surface area contributed by atoms with Gasteiger partial charge in [0.15, 0.2) is 6.61 Å². The summed E-state index contributed by atoms with van der Waals surface area (Å²) in [6, 6.07) is 13.0. The van der Waals surface area contributed by atoms with E-state index in [0.29, 0.717) is 18.2 Å². The van der Waals surface area contributed by atoms with Crippen LogP contribution in [0.3, 0.4) is 0 Å². The molecule has 140 valence electrons. The van der Waals surface area contributed by atoms with Gasteiger partial charge < -0.3 is 13.9 Å². The lowest BCUT2D eigenvalue weighted by Crippen LogP contribution is -2.20. The number of rotatable bonds is 7. The first-order valence-corrected chi connectivity index (χ1v) is 8.61. The van der Waals surface area contributed by atoms with Crippen molar-refractivity contribution in [2.75, 3.05) is 18.5 Å². The van der Waals surface area contributed by atoms with E-state index in [0.717, 1.165) is 22.4 Å². The quantitative estimate of drug-likeness (QED) is 0.684. The number of anilines is 1. The molecule has 1 amide bonds. The highest BCUT2D eigenvalue weighted by atomic mass is 16.5. The summed E-state index contributed by atoms with van der Waals surface area (Å²) >= 11 is 0. The summed E-state index contributed by atoms with van der Waals surface area (Å²) in [5.41, 5.74) is 3.00. The fourth-order valence-corrected chi connectivity index (χ4v) is 2.59. The van der Waals surface area contributed by atoms with Gasteiger partial charge >= 0.3 is 6.01 Å². The summed E-state index contributed by atoms with van der Waals surface area (Å²) in [7, 11) is 0. The van der Waals surface area contributed by atoms with Crippen LogP contribution in [0.5, 0.6) is 11.5 Å². The molecule has 0 radical (unpaired) electrons. The van der Waals surface area contributed by atoms with Gasteiger partial charge in [0.05, 0.1) is 6.61 Å². The monoisotopic (exact) mass is 367 g/mol. The molecule has 0 aliphatic carbocycles. The van der Waals surface area contributed by atoms with Gasteiger partial charge in [0.2, 0.25) is 5.89 Å². The zero-order chi connectivity index (χ0) is 19.2. The highest BCUT2D eigenvalue weighted by Gasteiger charge is 2.12. The minimum absolute atomic E-state index is 0.0319. The van der Waals surface area contributed by atoms with Crippen LogP contribution >= 0.6 is 0 Å². The van der Waals surface area contributed by atoms with Gasteiger partial charge in [0.1, 0.15) is 11.5 Å². The SMILES string of the molecule is CCOc1ccc(OCC(=O)Nc2nnc(-c3cc(C)cc(C)c3)o2)cc1. The molecule has 7 nitrogen and oxygen atoms in total. The van der Waals surface area contributed by atoms with Crippen LogP contribution in [0.25, 0.3) is 11.5 Å². The number of hydrogen-bond acceptors (Lipinski definition) is 6. The average Bonchev–Trinajstić information content (AvgIpc) is 3.09. The number of amides is 1. The van der Waals surface area contributed by atoms with Crippen LogP contribution in [0.2, 0.25) is 0 Å². The minimum Gasteiger partial charge on any atom is -0.494 e. The lowest BCUT2D eigenvalue weighted by Gasteiger charge is -2.07. The van der Waals surface area contributed by atoms with Gasteiger partial charge in [-0.15, -0.1) is 5.10 Å². The molecule has 2 aromatic carbocycles. The number of aryl methyl sites for hydroxylation is 2. The van der Waals surface area contributed by atoms with E-state index in [-0.39, 0.29) is 18.5 Å². The molecule has 0 aliphatic rings. The number of carbonyl (C=O) groups excluding carboxylic acids is 1. The second-order valence-corrected chi connectivity index (χ2v) is 6.03. The van der Waals surface area contributed by atoms with Crippen LogP contribution in [0.1, 0.15) is 18.1 Å². The van der Waals surface area contributed by atoms with Crippen LogP contribution in [0.15, 0.2) is 46.9 Å². The summed E-state index contributed by atoms with van der Waals surface area (Å²) in [6.07, 6.45) is 0. The Hall–Kier alpha value is -3.35. The Morgan fingerprint density at radius 3 is 2.26 bits per heavy atom. The first-order valence-electron chi connectivity index (χ1n) is 8.61. The number of nitrogens with one attached hydrogen (secondary N) is 1. The molecule has 0 saturated heterocycles. The molecule has 1 aromatic heterocycles. The Balaban J connectivity index is 1.56. The van der Waals surface area contributed by atoms with E-state index >= 15 is 0 Å². The van der Waals surface area contributed by atoms with Gasteiger partial charge in [0.25, 0.3) is 5.91 Å². The van der Waals surface area contributed by atoms with Gasteiger partial charge in [-0.25, -0.2) is 0 Å². The Kier molecular flexibility index (Phi) is 5.71. The first kappa shape index (κ1) is 18.4. The molecular weight excluding hydrogens is 346 g/mol. The molecule has 0 spiro atoms. The van der Waals surface area contributed by atoms with E-state index in [9.17, 15) is 4.79 Å². The summed E-state index contributed by atoms with van der Waals surface area (Å²) in [5.74, 6) is 1.28. The van der Waals surface area contributed by atoms with Gasteiger partial charge in [-0.1, -0.05) is 22.3 Å². The number of nitrogens with zero attached hydrogens (tertiary/aromatic N) is 2. The van der Waals surface area contributed by atoms with Gasteiger partial charge in [0, 0.05) is 5.56 Å². The van der Waals surface area contributed by atoms with Crippen molar-refractivity contribution in [1.82, 2.24) is 10.2 Å². The number of hydrogen-bond donors (Lipinski definition) is 1. The Morgan fingerprint density at radius 2 is 1.63 bits per heavy atom. The Labute approximate surface area is 157 Å². The van der Waals surface area contributed by atoms with E-state index in [4.69, 9.17) is 13.9 Å². The molecule has 1 N–H and O–H groups in total. The molecule has 3 aromatic rings. The van der Waals surface area contributed by atoms with Crippen LogP contribution in [0.4, 0.5) is 6.01 Å². The van der Waals surface area contributed by atoms with Crippen molar-refractivity contribution < 1.29 is 18.7 Å². The predicted octanol–water partition coefficient (Wildman–Crippen LogP) is 3.77. The molecule has 0 atom stereocenters. The number of benzene rings is 2. The number of ether oxygens (including phenoxy) is 2. The van der Waals surface area contributed by atoms with Crippen LogP contribution in [0, 0.1) is 13.8 Å².